The maximum absolute atomic E-state index is 12.4. The van der Waals surface area contributed by atoms with E-state index in [4.69, 9.17) is 19.7 Å². The number of hydrogen-bond acceptors (Lipinski definition) is 6. The Hall–Kier alpha value is -3.06. The molecular formula is C19H20O7. The first-order chi connectivity index (χ1) is 12.5. The molecule has 7 heteroatoms. The molecule has 1 unspecified atom stereocenters. The van der Waals surface area contributed by atoms with E-state index in [2.05, 4.69) is 0 Å². The summed E-state index contributed by atoms with van der Waals surface area (Å²) in [5.41, 5.74) is -0.0766. The van der Waals surface area contributed by atoms with Crippen molar-refractivity contribution in [2.24, 2.45) is 5.92 Å². The predicted molar refractivity (Wildman–Crippen MR) is 93.1 cm³/mol. The lowest BCUT2D eigenvalue weighted by Crippen LogP contribution is -2.11. The third kappa shape index (κ3) is 5.49. The summed E-state index contributed by atoms with van der Waals surface area (Å²) in [6, 6.07) is 4.23. The van der Waals surface area contributed by atoms with Gasteiger partial charge in [0.2, 0.25) is 0 Å². The minimum atomic E-state index is -1.18. The summed E-state index contributed by atoms with van der Waals surface area (Å²) in [5, 5.41) is 27.4. The van der Waals surface area contributed by atoms with E-state index in [1.165, 1.54) is 24.3 Å². The van der Waals surface area contributed by atoms with E-state index in [-0.39, 0.29) is 36.2 Å². The molecule has 0 spiro atoms. The highest BCUT2D eigenvalue weighted by atomic mass is 16.5. The topological polar surface area (TPSA) is 113 Å². The molecule has 138 valence electrons. The van der Waals surface area contributed by atoms with Gasteiger partial charge < -0.3 is 24.8 Å². The molecule has 26 heavy (non-hydrogen) atoms. The molecule has 0 saturated carbocycles. The molecule has 3 N–H and O–H groups in total. The fourth-order valence-corrected chi connectivity index (χ4v) is 2.35. The number of rotatable bonds is 9. The molecule has 0 fully saturated rings. The van der Waals surface area contributed by atoms with Crippen molar-refractivity contribution in [3.63, 3.8) is 0 Å². The molecular weight excluding hydrogens is 340 g/mol. The third-order valence-corrected chi connectivity index (χ3v) is 3.56. The summed E-state index contributed by atoms with van der Waals surface area (Å²) in [5.74, 6) is -1.28. The molecule has 0 saturated heterocycles. The van der Waals surface area contributed by atoms with Gasteiger partial charge in [-0.1, -0.05) is 18.2 Å². The molecule has 0 radical (unpaired) electrons. The van der Waals surface area contributed by atoms with Crippen molar-refractivity contribution < 1.29 is 34.4 Å². The number of ketones is 1. The zero-order chi connectivity index (χ0) is 18.9. The zero-order valence-electron chi connectivity index (χ0n) is 14.0. The molecule has 1 aromatic carbocycles. The van der Waals surface area contributed by atoms with Crippen LogP contribution >= 0.6 is 0 Å². The largest absolute Gasteiger partial charge is 0.507 e. The van der Waals surface area contributed by atoms with Crippen LogP contribution in [0.5, 0.6) is 11.5 Å². The number of aliphatic hydroxyl groups is 1. The van der Waals surface area contributed by atoms with Gasteiger partial charge in [-0.2, -0.15) is 0 Å². The number of aliphatic carboxylic acids is 1. The molecule has 0 aromatic heterocycles. The molecule has 0 aliphatic heterocycles. The van der Waals surface area contributed by atoms with Gasteiger partial charge >= 0.3 is 5.97 Å². The van der Waals surface area contributed by atoms with Gasteiger partial charge in [0.05, 0.1) is 6.61 Å². The van der Waals surface area contributed by atoms with Crippen LogP contribution in [0.1, 0.15) is 16.8 Å². The summed E-state index contributed by atoms with van der Waals surface area (Å²) < 4.78 is 10.4. The molecule has 2 rings (SSSR count). The van der Waals surface area contributed by atoms with Crippen molar-refractivity contribution >= 4 is 11.8 Å². The van der Waals surface area contributed by atoms with E-state index in [0.29, 0.717) is 12.2 Å². The number of carboxylic acid groups (broad SMARTS) is 1. The van der Waals surface area contributed by atoms with Crippen molar-refractivity contribution in [2.45, 2.75) is 6.42 Å². The summed E-state index contributed by atoms with van der Waals surface area (Å²) >= 11 is 0. The number of phenols is 1. The number of carbonyl (C=O) groups is 2. The number of carbonyl (C=O) groups excluding carboxylic acids is 1. The standard InChI is InChI=1S/C19H20O7/c20-10-11-25-14-7-4-13(5-8-14)6-9-16(22)19-15(21)2-1-3-17(19)26-12-18(23)24/h1-4,6-9,13,20-21H,5,10-12H2,(H,23,24). The Labute approximate surface area is 150 Å². The molecule has 0 amide bonds. The van der Waals surface area contributed by atoms with Crippen LogP contribution in [0.2, 0.25) is 0 Å². The Morgan fingerprint density at radius 1 is 1.27 bits per heavy atom. The molecule has 0 heterocycles. The number of ether oxygens (including phenoxy) is 2. The van der Waals surface area contributed by atoms with Gasteiger partial charge in [-0.3, -0.25) is 4.79 Å². The Morgan fingerprint density at radius 2 is 2.08 bits per heavy atom. The SMILES string of the molecule is O=C(O)COc1cccc(O)c1C(=O)C=CC1C=CC(OCCO)=CC1. The number of aromatic hydroxyl groups is 1. The second-order valence-electron chi connectivity index (χ2n) is 5.49. The van der Waals surface area contributed by atoms with Crippen LogP contribution in [0, 0.1) is 5.92 Å². The van der Waals surface area contributed by atoms with Crippen molar-refractivity contribution in [3.05, 3.63) is 59.9 Å². The highest BCUT2D eigenvalue weighted by Gasteiger charge is 2.17. The van der Waals surface area contributed by atoms with Gasteiger partial charge in [0.25, 0.3) is 0 Å². The molecule has 1 atom stereocenters. The third-order valence-electron chi connectivity index (χ3n) is 3.56. The van der Waals surface area contributed by atoms with Crippen LogP contribution in [0.25, 0.3) is 0 Å². The maximum Gasteiger partial charge on any atom is 0.341 e. The van der Waals surface area contributed by atoms with Crippen molar-refractivity contribution in [1.82, 2.24) is 0 Å². The number of hydrogen-bond donors (Lipinski definition) is 3. The molecule has 1 aromatic rings. The van der Waals surface area contributed by atoms with Crippen molar-refractivity contribution in [3.8, 4) is 11.5 Å². The smallest absolute Gasteiger partial charge is 0.341 e. The van der Waals surface area contributed by atoms with E-state index in [9.17, 15) is 14.7 Å². The fraction of sp³-hybridized carbons (Fsp3) is 0.263. The van der Waals surface area contributed by atoms with Gasteiger partial charge in [0.15, 0.2) is 12.4 Å². The summed E-state index contributed by atoms with van der Waals surface area (Å²) in [7, 11) is 0. The summed E-state index contributed by atoms with van der Waals surface area (Å²) in [6.07, 6.45) is 9.13. The zero-order valence-corrected chi connectivity index (χ0v) is 14.0. The van der Waals surface area contributed by atoms with Gasteiger partial charge in [0.1, 0.15) is 29.4 Å². The number of carboxylic acids is 1. The van der Waals surface area contributed by atoms with E-state index >= 15 is 0 Å². The van der Waals surface area contributed by atoms with Crippen molar-refractivity contribution in [2.75, 3.05) is 19.8 Å². The minimum absolute atomic E-state index is 0.0146. The van der Waals surface area contributed by atoms with Gasteiger partial charge in [-0.15, -0.1) is 0 Å². The normalized spacial score (nSPS) is 16.3. The minimum Gasteiger partial charge on any atom is -0.507 e. The molecule has 1 aliphatic rings. The highest BCUT2D eigenvalue weighted by Crippen LogP contribution is 2.29. The van der Waals surface area contributed by atoms with Crippen LogP contribution in [0.15, 0.2) is 54.3 Å². The first-order valence-electron chi connectivity index (χ1n) is 8.02. The fourth-order valence-electron chi connectivity index (χ4n) is 2.35. The highest BCUT2D eigenvalue weighted by molar-refractivity contribution is 6.08. The number of aliphatic hydroxyl groups excluding tert-OH is 1. The molecule has 7 nitrogen and oxygen atoms in total. The monoisotopic (exact) mass is 360 g/mol. The van der Waals surface area contributed by atoms with Crippen LogP contribution in [0.3, 0.4) is 0 Å². The lowest BCUT2D eigenvalue weighted by Gasteiger charge is -2.13. The van der Waals surface area contributed by atoms with Crippen molar-refractivity contribution in [1.29, 1.82) is 0 Å². The maximum atomic E-state index is 12.4. The van der Waals surface area contributed by atoms with Crippen LogP contribution in [-0.2, 0) is 9.53 Å². The Bertz CT molecular complexity index is 746. The summed E-state index contributed by atoms with van der Waals surface area (Å²) in [6.45, 7) is -0.447. The number of phenolic OH excluding ortho intramolecular Hbond substituents is 1. The van der Waals surface area contributed by atoms with Crippen LogP contribution in [0.4, 0.5) is 0 Å². The molecule has 1 aliphatic carbocycles. The van der Waals surface area contributed by atoms with Gasteiger partial charge in [-0.05, 0) is 42.7 Å². The lowest BCUT2D eigenvalue weighted by atomic mass is 9.98. The number of allylic oxidation sites excluding steroid dienone is 5. The van der Waals surface area contributed by atoms with E-state index in [1.54, 1.807) is 12.2 Å². The average molecular weight is 360 g/mol. The van der Waals surface area contributed by atoms with Crippen LogP contribution in [-0.4, -0.2) is 46.9 Å². The van der Waals surface area contributed by atoms with E-state index in [0.717, 1.165) is 0 Å². The first-order valence-corrected chi connectivity index (χ1v) is 8.02. The Morgan fingerprint density at radius 3 is 2.73 bits per heavy atom. The second-order valence-corrected chi connectivity index (χ2v) is 5.49. The summed E-state index contributed by atoms with van der Waals surface area (Å²) in [4.78, 5) is 23.1. The number of benzene rings is 1. The Balaban J connectivity index is 2.04. The van der Waals surface area contributed by atoms with Gasteiger partial charge in [0, 0.05) is 0 Å². The average Bonchev–Trinajstić information content (AvgIpc) is 2.63. The lowest BCUT2D eigenvalue weighted by molar-refractivity contribution is -0.139. The van der Waals surface area contributed by atoms with E-state index in [1.807, 2.05) is 12.2 Å². The molecule has 0 bridgehead atoms. The Kier molecular flexibility index (Phi) is 6.99. The quantitative estimate of drug-likeness (QED) is 0.456. The van der Waals surface area contributed by atoms with E-state index < -0.39 is 18.4 Å². The predicted octanol–water partition coefficient (Wildman–Crippen LogP) is 2.06. The van der Waals surface area contributed by atoms with Crippen LogP contribution < -0.4 is 4.74 Å². The van der Waals surface area contributed by atoms with Gasteiger partial charge in [-0.25, -0.2) is 4.79 Å². The first kappa shape index (κ1) is 19.3. The second kappa shape index (κ2) is 9.43.